The predicted molar refractivity (Wildman–Crippen MR) is 58.4 cm³/mol. The van der Waals surface area contributed by atoms with E-state index < -0.39 is 5.54 Å². The van der Waals surface area contributed by atoms with Crippen molar-refractivity contribution in [3.63, 3.8) is 0 Å². The molecule has 0 spiro atoms. The highest BCUT2D eigenvalue weighted by atomic mass is 79.9. The number of rotatable bonds is 1. The molecule has 2 rings (SSSR count). The minimum atomic E-state index is -0.437. The molecule has 0 atom stereocenters. The zero-order chi connectivity index (χ0) is 10.2. The average molecular weight is 258 g/mol. The van der Waals surface area contributed by atoms with Gasteiger partial charge < -0.3 is 5.73 Å². The molecule has 0 aromatic heterocycles. The zero-order valence-electron chi connectivity index (χ0n) is 7.89. The largest absolute Gasteiger partial charge is 0.321 e. The van der Waals surface area contributed by atoms with E-state index in [0.717, 1.165) is 30.2 Å². The molecule has 1 aromatic carbocycles. The van der Waals surface area contributed by atoms with Gasteiger partial charge in [0.25, 0.3) is 0 Å². The fourth-order valence-corrected chi connectivity index (χ4v) is 2.52. The van der Waals surface area contributed by atoms with E-state index in [2.05, 4.69) is 15.9 Å². The van der Waals surface area contributed by atoms with Crippen molar-refractivity contribution >= 4 is 15.9 Å². The van der Waals surface area contributed by atoms with Crippen molar-refractivity contribution in [2.24, 2.45) is 5.73 Å². The normalized spacial score (nSPS) is 19.9. The third-order valence-electron chi connectivity index (χ3n) is 2.96. The summed E-state index contributed by atoms with van der Waals surface area (Å²) in [5.41, 5.74) is 6.41. The van der Waals surface area contributed by atoms with Crippen LogP contribution in [0.2, 0.25) is 0 Å². The molecule has 3 heteroatoms. The van der Waals surface area contributed by atoms with Crippen molar-refractivity contribution < 1.29 is 4.39 Å². The van der Waals surface area contributed by atoms with Gasteiger partial charge in [0.1, 0.15) is 5.82 Å². The van der Waals surface area contributed by atoms with Crippen LogP contribution >= 0.6 is 15.9 Å². The molecular formula is C11H13BrFN. The Bertz CT molecular complexity index is 345. The highest BCUT2D eigenvalue weighted by molar-refractivity contribution is 9.10. The number of nitrogens with two attached hydrogens (primary N) is 1. The first-order valence-electron chi connectivity index (χ1n) is 4.86. The lowest BCUT2D eigenvalue weighted by Crippen LogP contribution is -2.34. The Morgan fingerprint density at radius 1 is 1.29 bits per heavy atom. The average Bonchev–Trinajstić information content (AvgIpc) is 2.58. The van der Waals surface area contributed by atoms with Crippen LogP contribution in [0.1, 0.15) is 31.2 Å². The number of benzene rings is 1. The smallest absolute Gasteiger partial charge is 0.128 e. The van der Waals surface area contributed by atoms with E-state index in [4.69, 9.17) is 5.73 Å². The molecule has 1 saturated carbocycles. The summed E-state index contributed by atoms with van der Waals surface area (Å²) in [5, 5.41) is 0. The first kappa shape index (κ1) is 10.1. The van der Waals surface area contributed by atoms with Crippen molar-refractivity contribution in [2.45, 2.75) is 31.2 Å². The molecule has 14 heavy (non-hydrogen) atoms. The molecule has 76 valence electrons. The van der Waals surface area contributed by atoms with Gasteiger partial charge in [-0.3, -0.25) is 0 Å². The van der Waals surface area contributed by atoms with Gasteiger partial charge in [0, 0.05) is 15.6 Å². The second-order valence-electron chi connectivity index (χ2n) is 3.99. The van der Waals surface area contributed by atoms with E-state index in [1.54, 1.807) is 12.1 Å². The highest BCUT2D eigenvalue weighted by Gasteiger charge is 2.33. The lowest BCUT2D eigenvalue weighted by atomic mass is 9.89. The molecule has 1 nitrogen and oxygen atoms in total. The van der Waals surface area contributed by atoms with Crippen LogP contribution in [-0.4, -0.2) is 0 Å². The molecule has 0 bridgehead atoms. The molecule has 1 aliphatic rings. The zero-order valence-corrected chi connectivity index (χ0v) is 9.48. The monoisotopic (exact) mass is 257 g/mol. The first-order chi connectivity index (χ1) is 6.62. The molecule has 0 unspecified atom stereocenters. The summed E-state index contributed by atoms with van der Waals surface area (Å²) in [6.07, 6.45) is 3.98. The second kappa shape index (κ2) is 3.63. The highest BCUT2D eigenvalue weighted by Crippen LogP contribution is 2.38. The SMILES string of the molecule is NC1(c2cc(Br)ccc2F)CCCC1. The summed E-state index contributed by atoms with van der Waals surface area (Å²) in [5.74, 6) is -0.183. The van der Waals surface area contributed by atoms with Gasteiger partial charge >= 0.3 is 0 Å². The van der Waals surface area contributed by atoms with Gasteiger partial charge in [-0.2, -0.15) is 0 Å². The van der Waals surface area contributed by atoms with Crippen LogP contribution in [0, 0.1) is 5.82 Å². The standard InChI is InChI=1S/C11H13BrFN/c12-8-3-4-10(13)9(7-8)11(14)5-1-2-6-11/h3-4,7H,1-2,5-6,14H2. The van der Waals surface area contributed by atoms with Gasteiger partial charge in [-0.25, -0.2) is 4.39 Å². The Hall–Kier alpha value is -0.410. The minimum Gasteiger partial charge on any atom is -0.321 e. The van der Waals surface area contributed by atoms with Crippen molar-refractivity contribution in [1.29, 1.82) is 0 Å². The number of hydrogen-bond donors (Lipinski definition) is 1. The maximum absolute atomic E-state index is 13.6. The quantitative estimate of drug-likeness (QED) is 0.821. The van der Waals surface area contributed by atoms with Gasteiger partial charge in [0.2, 0.25) is 0 Å². The molecule has 0 saturated heterocycles. The van der Waals surface area contributed by atoms with Gasteiger partial charge in [-0.15, -0.1) is 0 Å². The van der Waals surface area contributed by atoms with Crippen LogP contribution in [0.4, 0.5) is 4.39 Å². The van der Waals surface area contributed by atoms with Crippen molar-refractivity contribution in [1.82, 2.24) is 0 Å². The number of halogens is 2. The Labute approximate surface area is 91.6 Å². The fraction of sp³-hybridized carbons (Fsp3) is 0.455. The van der Waals surface area contributed by atoms with Gasteiger partial charge in [-0.1, -0.05) is 28.8 Å². The third-order valence-corrected chi connectivity index (χ3v) is 3.45. The summed E-state index contributed by atoms with van der Waals surface area (Å²) >= 11 is 3.35. The van der Waals surface area contributed by atoms with E-state index in [9.17, 15) is 4.39 Å². The summed E-state index contributed by atoms with van der Waals surface area (Å²) in [4.78, 5) is 0. The van der Waals surface area contributed by atoms with E-state index in [-0.39, 0.29) is 5.82 Å². The maximum Gasteiger partial charge on any atom is 0.128 e. The Kier molecular flexibility index (Phi) is 2.62. The molecule has 0 aliphatic heterocycles. The molecule has 0 radical (unpaired) electrons. The van der Waals surface area contributed by atoms with Gasteiger partial charge in [0.05, 0.1) is 0 Å². The Morgan fingerprint density at radius 2 is 1.93 bits per heavy atom. The Balaban J connectivity index is 2.44. The molecule has 0 heterocycles. The first-order valence-corrected chi connectivity index (χ1v) is 5.65. The second-order valence-corrected chi connectivity index (χ2v) is 4.90. The summed E-state index contributed by atoms with van der Waals surface area (Å²) < 4.78 is 14.5. The lowest BCUT2D eigenvalue weighted by molar-refractivity contribution is 0.433. The fourth-order valence-electron chi connectivity index (χ4n) is 2.15. The topological polar surface area (TPSA) is 26.0 Å². The summed E-state index contributed by atoms with van der Waals surface area (Å²) in [7, 11) is 0. The lowest BCUT2D eigenvalue weighted by Gasteiger charge is -2.24. The molecule has 2 N–H and O–H groups in total. The summed E-state index contributed by atoms with van der Waals surface area (Å²) in [6, 6.07) is 4.99. The summed E-state index contributed by atoms with van der Waals surface area (Å²) in [6.45, 7) is 0. The van der Waals surface area contributed by atoms with Crippen LogP contribution in [0.3, 0.4) is 0 Å². The Morgan fingerprint density at radius 3 is 2.57 bits per heavy atom. The third kappa shape index (κ3) is 1.71. The van der Waals surface area contributed by atoms with Crippen molar-refractivity contribution in [3.05, 3.63) is 34.1 Å². The molecule has 1 aliphatic carbocycles. The molecular weight excluding hydrogens is 245 g/mol. The van der Waals surface area contributed by atoms with Crippen molar-refractivity contribution in [3.8, 4) is 0 Å². The number of hydrogen-bond acceptors (Lipinski definition) is 1. The van der Waals surface area contributed by atoms with Crippen LogP contribution in [0.5, 0.6) is 0 Å². The van der Waals surface area contributed by atoms with Crippen LogP contribution in [0.15, 0.2) is 22.7 Å². The van der Waals surface area contributed by atoms with E-state index >= 15 is 0 Å². The van der Waals surface area contributed by atoms with Gasteiger partial charge in [-0.05, 0) is 31.0 Å². The molecule has 0 amide bonds. The minimum absolute atomic E-state index is 0.183. The van der Waals surface area contributed by atoms with Crippen LogP contribution in [-0.2, 0) is 5.54 Å². The van der Waals surface area contributed by atoms with Crippen molar-refractivity contribution in [2.75, 3.05) is 0 Å². The van der Waals surface area contributed by atoms with E-state index in [1.165, 1.54) is 6.07 Å². The molecule has 1 aromatic rings. The predicted octanol–water partition coefficient (Wildman–Crippen LogP) is 3.32. The maximum atomic E-state index is 13.6. The van der Waals surface area contributed by atoms with E-state index in [1.807, 2.05) is 0 Å². The van der Waals surface area contributed by atoms with Crippen LogP contribution < -0.4 is 5.73 Å². The van der Waals surface area contributed by atoms with Gasteiger partial charge in [0.15, 0.2) is 0 Å². The molecule has 1 fully saturated rings. The van der Waals surface area contributed by atoms with E-state index in [0.29, 0.717) is 5.56 Å². The van der Waals surface area contributed by atoms with Crippen LogP contribution in [0.25, 0.3) is 0 Å².